The van der Waals surface area contributed by atoms with Gasteiger partial charge >= 0.3 is 0 Å². The molecule has 0 unspecified atom stereocenters. The van der Waals surface area contributed by atoms with Gasteiger partial charge < -0.3 is 5.32 Å². The molecule has 2 rings (SSSR count). The normalized spacial score (nSPS) is 10.6. The molecule has 0 aliphatic carbocycles. The second kappa shape index (κ2) is 7.46. The Morgan fingerprint density at radius 3 is 2.00 bits per heavy atom. The van der Waals surface area contributed by atoms with Crippen LogP contribution in [0.2, 0.25) is 0 Å². The zero-order chi connectivity index (χ0) is 13.5. The van der Waals surface area contributed by atoms with Crippen LogP contribution in [0.3, 0.4) is 0 Å². The quantitative estimate of drug-likeness (QED) is 0.764. The van der Waals surface area contributed by atoms with Crippen LogP contribution in [0.1, 0.15) is 18.4 Å². The van der Waals surface area contributed by atoms with Gasteiger partial charge in [0, 0.05) is 4.47 Å². The van der Waals surface area contributed by atoms with E-state index in [1.54, 1.807) is 0 Å². The highest BCUT2D eigenvalue weighted by molar-refractivity contribution is 9.10. The van der Waals surface area contributed by atoms with Crippen molar-refractivity contribution < 1.29 is 0 Å². The van der Waals surface area contributed by atoms with Crippen molar-refractivity contribution in [3.8, 4) is 11.1 Å². The van der Waals surface area contributed by atoms with Crippen LogP contribution < -0.4 is 5.32 Å². The third-order valence-corrected chi connectivity index (χ3v) is 3.80. The van der Waals surface area contributed by atoms with Gasteiger partial charge in [0.15, 0.2) is 0 Å². The van der Waals surface area contributed by atoms with Crippen molar-refractivity contribution in [1.82, 2.24) is 5.32 Å². The van der Waals surface area contributed by atoms with Gasteiger partial charge in [-0.3, -0.25) is 0 Å². The first kappa shape index (κ1) is 14.3. The molecular formula is C17H20BrN. The van der Waals surface area contributed by atoms with E-state index in [0.717, 1.165) is 11.0 Å². The highest BCUT2D eigenvalue weighted by atomic mass is 79.9. The zero-order valence-electron chi connectivity index (χ0n) is 11.3. The fraction of sp³-hybridized carbons (Fsp3) is 0.294. The predicted molar refractivity (Wildman–Crippen MR) is 86.4 cm³/mol. The Morgan fingerprint density at radius 2 is 1.42 bits per heavy atom. The van der Waals surface area contributed by atoms with Crippen LogP contribution >= 0.6 is 15.9 Å². The summed E-state index contributed by atoms with van der Waals surface area (Å²) in [6, 6.07) is 17.4. The van der Waals surface area contributed by atoms with Crippen LogP contribution in [0.15, 0.2) is 53.0 Å². The van der Waals surface area contributed by atoms with Crippen molar-refractivity contribution in [1.29, 1.82) is 0 Å². The molecule has 0 atom stereocenters. The molecule has 0 aliphatic heterocycles. The van der Waals surface area contributed by atoms with E-state index in [1.807, 2.05) is 7.05 Å². The Hall–Kier alpha value is -1.12. The summed E-state index contributed by atoms with van der Waals surface area (Å²) >= 11 is 3.47. The molecule has 2 aromatic rings. The van der Waals surface area contributed by atoms with Crippen LogP contribution in [0.4, 0.5) is 0 Å². The average molecular weight is 318 g/mol. The minimum absolute atomic E-state index is 1.11. The Bertz CT molecular complexity index is 488. The monoisotopic (exact) mass is 317 g/mol. The molecule has 0 aromatic heterocycles. The van der Waals surface area contributed by atoms with Gasteiger partial charge in [-0.2, -0.15) is 0 Å². The maximum Gasteiger partial charge on any atom is 0.0175 e. The third kappa shape index (κ3) is 4.48. The molecule has 0 bridgehead atoms. The smallest absolute Gasteiger partial charge is 0.0175 e. The van der Waals surface area contributed by atoms with E-state index >= 15 is 0 Å². The van der Waals surface area contributed by atoms with Crippen LogP contribution in [0.5, 0.6) is 0 Å². The molecule has 0 saturated carbocycles. The number of aryl methyl sites for hydroxylation is 1. The molecule has 0 amide bonds. The summed E-state index contributed by atoms with van der Waals surface area (Å²) < 4.78 is 1.12. The largest absolute Gasteiger partial charge is 0.320 e. The molecule has 0 spiro atoms. The van der Waals surface area contributed by atoms with Gasteiger partial charge in [0.1, 0.15) is 0 Å². The van der Waals surface area contributed by atoms with Gasteiger partial charge in [-0.05, 0) is 61.7 Å². The van der Waals surface area contributed by atoms with Crippen molar-refractivity contribution in [3.05, 3.63) is 58.6 Å². The van der Waals surface area contributed by atoms with Crippen LogP contribution in [-0.4, -0.2) is 13.6 Å². The van der Waals surface area contributed by atoms with Crippen molar-refractivity contribution in [2.45, 2.75) is 19.3 Å². The summed E-state index contributed by atoms with van der Waals surface area (Å²) in [7, 11) is 2.01. The second-order valence-electron chi connectivity index (χ2n) is 4.76. The van der Waals surface area contributed by atoms with Gasteiger partial charge in [0.2, 0.25) is 0 Å². The molecule has 2 heteroatoms. The molecule has 0 fully saturated rings. The van der Waals surface area contributed by atoms with Crippen LogP contribution in [0.25, 0.3) is 11.1 Å². The summed E-state index contributed by atoms with van der Waals surface area (Å²) in [5, 5.41) is 3.19. The summed E-state index contributed by atoms with van der Waals surface area (Å²) in [5.41, 5.74) is 3.98. The lowest BCUT2D eigenvalue weighted by Crippen LogP contribution is -2.07. The lowest BCUT2D eigenvalue weighted by Gasteiger charge is -2.05. The van der Waals surface area contributed by atoms with Crippen LogP contribution in [0, 0.1) is 0 Å². The fourth-order valence-electron chi connectivity index (χ4n) is 2.14. The highest BCUT2D eigenvalue weighted by Gasteiger charge is 1.98. The summed E-state index contributed by atoms with van der Waals surface area (Å²) in [6.07, 6.45) is 3.66. The Morgan fingerprint density at radius 1 is 0.842 bits per heavy atom. The molecule has 19 heavy (non-hydrogen) atoms. The molecule has 100 valence electrons. The highest BCUT2D eigenvalue weighted by Crippen LogP contribution is 2.22. The Balaban J connectivity index is 1.96. The number of hydrogen-bond acceptors (Lipinski definition) is 1. The number of benzene rings is 2. The molecule has 1 N–H and O–H groups in total. The molecule has 0 aliphatic rings. The van der Waals surface area contributed by atoms with E-state index in [1.165, 1.54) is 36.0 Å². The van der Waals surface area contributed by atoms with Gasteiger partial charge in [-0.15, -0.1) is 0 Å². The standard InChI is InChI=1S/C17H20BrN/c1-19-13-3-2-4-14-5-7-15(8-6-14)16-9-11-17(18)12-10-16/h5-12,19H,2-4,13H2,1H3. The average Bonchev–Trinajstić information content (AvgIpc) is 2.45. The Labute approximate surface area is 124 Å². The van der Waals surface area contributed by atoms with E-state index in [4.69, 9.17) is 0 Å². The Kier molecular flexibility index (Phi) is 5.62. The van der Waals surface area contributed by atoms with Crippen LogP contribution in [-0.2, 0) is 6.42 Å². The maximum atomic E-state index is 3.47. The third-order valence-electron chi connectivity index (χ3n) is 3.27. The molecule has 0 saturated heterocycles. The first-order valence-corrected chi connectivity index (χ1v) is 7.58. The molecule has 2 aromatic carbocycles. The van der Waals surface area contributed by atoms with Gasteiger partial charge in [-0.25, -0.2) is 0 Å². The van der Waals surface area contributed by atoms with Crippen molar-refractivity contribution in [2.75, 3.05) is 13.6 Å². The van der Waals surface area contributed by atoms with E-state index in [-0.39, 0.29) is 0 Å². The molecular weight excluding hydrogens is 298 g/mol. The van der Waals surface area contributed by atoms with Gasteiger partial charge in [-0.1, -0.05) is 52.3 Å². The predicted octanol–water partition coefficient (Wildman–Crippen LogP) is 4.66. The number of nitrogens with one attached hydrogen (secondary N) is 1. The number of unbranched alkanes of at least 4 members (excludes halogenated alkanes) is 1. The minimum atomic E-state index is 1.11. The second-order valence-corrected chi connectivity index (χ2v) is 5.68. The van der Waals surface area contributed by atoms with Crippen molar-refractivity contribution in [3.63, 3.8) is 0 Å². The van der Waals surface area contributed by atoms with Gasteiger partial charge in [0.25, 0.3) is 0 Å². The van der Waals surface area contributed by atoms with Crippen molar-refractivity contribution >= 4 is 15.9 Å². The zero-order valence-corrected chi connectivity index (χ0v) is 12.9. The van der Waals surface area contributed by atoms with E-state index in [9.17, 15) is 0 Å². The summed E-state index contributed by atoms with van der Waals surface area (Å²) in [4.78, 5) is 0. The SMILES string of the molecule is CNCCCCc1ccc(-c2ccc(Br)cc2)cc1. The number of halogens is 1. The van der Waals surface area contributed by atoms with Crippen molar-refractivity contribution in [2.24, 2.45) is 0 Å². The summed E-state index contributed by atoms with van der Waals surface area (Å²) in [5.74, 6) is 0. The van der Waals surface area contributed by atoms with Gasteiger partial charge in [0.05, 0.1) is 0 Å². The maximum absolute atomic E-state index is 3.47. The number of rotatable bonds is 6. The molecule has 0 radical (unpaired) electrons. The van der Waals surface area contributed by atoms with E-state index < -0.39 is 0 Å². The fourth-order valence-corrected chi connectivity index (χ4v) is 2.40. The first-order valence-electron chi connectivity index (χ1n) is 6.79. The minimum Gasteiger partial charge on any atom is -0.320 e. The topological polar surface area (TPSA) is 12.0 Å². The lowest BCUT2D eigenvalue weighted by molar-refractivity contribution is 0.677. The summed E-state index contributed by atoms with van der Waals surface area (Å²) in [6.45, 7) is 1.11. The molecule has 1 nitrogen and oxygen atoms in total. The number of hydrogen-bond donors (Lipinski definition) is 1. The first-order chi connectivity index (χ1) is 9.29. The molecule has 0 heterocycles. The van der Waals surface area contributed by atoms with E-state index in [0.29, 0.717) is 0 Å². The lowest BCUT2D eigenvalue weighted by atomic mass is 10.0. The van der Waals surface area contributed by atoms with E-state index in [2.05, 4.69) is 69.8 Å².